The van der Waals surface area contributed by atoms with Gasteiger partial charge >= 0.3 is 5.97 Å². The molecular formula is C24H20N2O8. The van der Waals surface area contributed by atoms with Crippen LogP contribution in [0.15, 0.2) is 48.5 Å². The summed E-state index contributed by atoms with van der Waals surface area (Å²) in [4.78, 5) is 74.9. The van der Waals surface area contributed by atoms with Crippen LogP contribution in [0.3, 0.4) is 0 Å². The van der Waals surface area contributed by atoms with E-state index in [1.165, 1.54) is 0 Å². The number of carbonyl (C=O) groups excluding carboxylic acids is 6. The molecule has 10 nitrogen and oxygen atoms in total. The predicted octanol–water partition coefficient (Wildman–Crippen LogP) is 1.10. The number of fused-ring (bicyclic) bond motifs is 2. The lowest BCUT2D eigenvalue weighted by molar-refractivity contribution is -0.147. The number of rotatable bonds is 10. The second-order valence-corrected chi connectivity index (χ2v) is 7.60. The van der Waals surface area contributed by atoms with Crippen molar-refractivity contribution in [2.24, 2.45) is 0 Å². The fraction of sp³-hybridized carbons (Fsp3) is 0.250. The first-order valence-electron chi connectivity index (χ1n) is 10.5. The third kappa shape index (κ3) is 4.48. The van der Waals surface area contributed by atoms with E-state index in [0.717, 1.165) is 9.80 Å². The summed E-state index contributed by atoms with van der Waals surface area (Å²) in [5.74, 6) is -3.12. The summed E-state index contributed by atoms with van der Waals surface area (Å²) in [5, 5.41) is 0. The van der Waals surface area contributed by atoms with Crippen LogP contribution >= 0.6 is 0 Å². The molecule has 174 valence electrons. The lowest BCUT2D eigenvalue weighted by Crippen LogP contribution is -2.34. The summed E-state index contributed by atoms with van der Waals surface area (Å²) >= 11 is 0. The van der Waals surface area contributed by atoms with Crippen LogP contribution in [0.5, 0.6) is 0 Å². The standard InChI is InChI=1S/C24H20N2O8/c27-15(14-33-11-9-25-21(29)16-5-1-2-6-17(16)22(25)30)13-20(28)34-12-10-26-23(31)18-7-3-4-8-19(18)24(26)32/h1-8H,9-14H2. The van der Waals surface area contributed by atoms with Crippen molar-refractivity contribution in [3.05, 3.63) is 70.8 Å². The third-order valence-corrected chi connectivity index (χ3v) is 5.40. The SMILES string of the molecule is O=C(COCCN1C(=O)c2ccccc2C1=O)CC(=O)OCCN1C(=O)c2ccccc2C1=O. The summed E-state index contributed by atoms with van der Waals surface area (Å²) in [6.45, 7) is -0.839. The van der Waals surface area contributed by atoms with Gasteiger partial charge in [0, 0.05) is 0 Å². The van der Waals surface area contributed by atoms with E-state index in [1.807, 2.05) is 0 Å². The fourth-order valence-corrected chi connectivity index (χ4v) is 3.74. The van der Waals surface area contributed by atoms with Crippen LogP contribution in [0.4, 0.5) is 0 Å². The fourth-order valence-electron chi connectivity index (χ4n) is 3.74. The predicted molar refractivity (Wildman–Crippen MR) is 115 cm³/mol. The molecule has 0 fully saturated rings. The number of benzene rings is 2. The van der Waals surface area contributed by atoms with Crippen LogP contribution in [0.1, 0.15) is 47.9 Å². The second-order valence-electron chi connectivity index (χ2n) is 7.60. The smallest absolute Gasteiger partial charge is 0.313 e. The first-order valence-corrected chi connectivity index (χ1v) is 10.5. The average molecular weight is 464 g/mol. The Labute approximate surface area is 194 Å². The molecule has 2 aliphatic rings. The van der Waals surface area contributed by atoms with Gasteiger partial charge in [0.1, 0.15) is 19.6 Å². The molecule has 0 atom stereocenters. The van der Waals surface area contributed by atoms with Crippen molar-refractivity contribution in [2.75, 3.05) is 32.9 Å². The number of carbonyl (C=O) groups is 6. The molecule has 2 heterocycles. The molecule has 34 heavy (non-hydrogen) atoms. The largest absolute Gasteiger partial charge is 0.463 e. The van der Waals surface area contributed by atoms with Gasteiger partial charge in [-0.1, -0.05) is 24.3 Å². The van der Waals surface area contributed by atoms with Gasteiger partial charge in [0.25, 0.3) is 23.6 Å². The summed E-state index contributed by atoms with van der Waals surface area (Å²) in [6.07, 6.45) is -0.546. The van der Waals surface area contributed by atoms with Crippen molar-refractivity contribution in [3.8, 4) is 0 Å². The minimum Gasteiger partial charge on any atom is -0.463 e. The molecule has 10 heteroatoms. The van der Waals surface area contributed by atoms with Gasteiger partial charge in [-0.3, -0.25) is 38.6 Å². The molecule has 0 saturated carbocycles. The number of hydrogen-bond donors (Lipinski definition) is 0. The maximum atomic E-state index is 12.3. The molecular weight excluding hydrogens is 444 g/mol. The molecule has 2 aliphatic heterocycles. The zero-order valence-electron chi connectivity index (χ0n) is 18.0. The minimum atomic E-state index is -0.814. The number of amides is 4. The van der Waals surface area contributed by atoms with E-state index in [0.29, 0.717) is 22.3 Å². The second kappa shape index (κ2) is 9.75. The number of Topliss-reactive ketones (excluding diaryl/α,β-unsaturated/α-hetero) is 1. The Bertz CT molecular complexity index is 1130. The number of nitrogens with zero attached hydrogens (tertiary/aromatic N) is 2. The van der Waals surface area contributed by atoms with Crippen molar-refractivity contribution in [2.45, 2.75) is 6.42 Å². The molecule has 0 spiro atoms. The van der Waals surface area contributed by atoms with Gasteiger partial charge in [-0.25, -0.2) is 0 Å². The number of hydrogen-bond acceptors (Lipinski definition) is 8. The molecule has 4 amide bonds. The van der Waals surface area contributed by atoms with Crippen LogP contribution in [0, 0.1) is 0 Å². The lowest BCUT2D eigenvalue weighted by atomic mass is 10.1. The number of imide groups is 2. The van der Waals surface area contributed by atoms with Gasteiger partial charge < -0.3 is 9.47 Å². The van der Waals surface area contributed by atoms with Gasteiger partial charge in [0.2, 0.25) is 0 Å². The maximum Gasteiger partial charge on any atom is 0.313 e. The minimum absolute atomic E-state index is 0.0235. The molecule has 2 aromatic carbocycles. The van der Waals surface area contributed by atoms with Crippen molar-refractivity contribution in [1.29, 1.82) is 0 Å². The summed E-state index contributed by atoms with van der Waals surface area (Å²) < 4.78 is 10.2. The average Bonchev–Trinajstić information content (AvgIpc) is 3.22. The van der Waals surface area contributed by atoms with Crippen molar-refractivity contribution < 1.29 is 38.2 Å². The van der Waals surface area contributed by atoms with Crippen LogP contribution in [-0.4, -0.2) is 78.1 Å². The topological polar surface area (TPSA) is 127 Å². The quantitative estimate of drug-likeness (QED) is 0.221. The molecule has 0 aromatic heterocycles. The lowest BCUT2D eigenvalue weighted by Gasteiger charge is -2.14. The molecule has 0 bridgehead atoms. The zero-order valence-corrected chi connectivity index (χ0v) is 18.0. The van der Waals surface area contributed by atoms with Gasteiger partial charge in [0.05, 0.1) is 42.0 Å². The molecule has 0 aliphatic carbocycles. The monoisotopic (exact) mass is 464 g/mol. The molecule has 4 rings (SSSR count). The van der Waals surface area contributed by atoms with Crippen LogP contribution in [-0.2, 0) is 19.1 Å². The number of esters is 1. The molecule has 2 aromatic rings. The Morgan fingerprint density at radius 2 is 1.06 bits per heavy atom. The molecule has 0 radical (unpaired) electrons. The van der Waals surface area contributed by atoms with Crippen molar-refractivity contribution in [1.82, 2.24) is 9.80 Å². The van der Waals surface area contributed by atoms with Crippen LogP contribution in [0.25, 0.3) is 0 Å². The molecule has 0 saturated heterocycles. The van der Waals surface area contributed by atoms with Crippen molar-refractivity contribution in [3.63, 3.8) is 0 Å². The number of ether oxygens (including phenoxy) is 2. The molecule has 0 N–H and O–H groups in total. The highest BCUT2D eigenvalue weighted by atomic mass is 16.5. The van der Waals surface area contributed by atoms with E-state index >= 15 is 0 Å². The van der Waals surface area contributed by atoms with E-state index in [1.54, 1.807) is 48.5 Å². The van der Waals surface area contributed by atoms with Gasteiger partial charge in [-0.05, 0) is 24.3 Å². The van der Waals surface area contributed by atoms with E-state index < -0.39 is 48.4 Å². The van der Waals surface area contributed by atoms with Crippen LogP contribution < -0.4 is 0 Å². The highest BCUT2D eigenvalue weighted by Crippen LogP contribution is 2.23. The normalized spacial score (nSPS) is 14.5. The number of ketones is 1. The summed E-state index contributed by atoms with van der Waals surface area (Å²) in [6, 6.07) is 12.9. The van der Waals surface area contributed by atoms with Crippen LogP contribution in [0.2, 0.25) is 0 Å². The van der Waals surface area contributed by atoms with Gasteiger partial charge in [-0.2, -0.15) is 0 Å². The van der Waals surface area contributed by atoms with Crippen molar-refractivity contribution >= 4 is 35.4 Å². The van der Waals surface area contributed by atoms with Gasteiger partial charge in [-0.15, -0.1) is 0 Å². The first kappa shape index (κ1) is 23.0. The Kier molecular flexibility index (Phi) is 6.60. The third-order valence-electron chi connectivity index (χ3n) is 5.40. The van der Waals surface area contributed by atoms with E-state index in [4.69, 9.17) is 9.47 Å². The zero-order chi connectivity index (χ0) is 24.2. The summed E-state index contributed by atoms with van der Waals surface area (Å²) in [7, 11) is 0. The highest BCUT2D eigenvalue weighted by Gasteiger charge is 2.35. The van der Waals surface area contributed by atoms with E-state index in [9.17, 15) is 28.8 Å². The Balaban J connectivity index is 1.13. The Hall–Kier alpha value is -4.18. The molecule has 0 unspecified atom stereocenters. The highest BCUT2D eigenvalue weighted by molar-refractivity contribution is 6.22. The maximum absolute atomic E-state index is 12.3. The summed E-state index contributed by atoms with van der Waals surface area (Å²) in [5.41, 5.74) is 1.25. The van der Waals surface area contributed by atoms with Gasteiger partial charge in [0.15, 0.2) is 5.78 Å². The van der Waals surface area contributed by atoms with E-state index in [2.05, 4.69) is 0 Å². The Morgan fingerprint density at radius 3 is 1.50 bits per heavy atom. The Morgan fingerprint density at radius 1 is 0.647 bits per heavy atom. The first-order chi connectivity index (χ1) is 16.4. The van der Waals surface area contributed by atoms with E-state index in [-0.39, 0.29) is 26.3 Å².